The van der Waals surface area contributed by atoms with Crippen LogP contribution in [0, 0.1) is 6.92 Å². The Hall–Kier alpha value is -3.53. The topological polar surface area (TPSA) is 110 Å². The fraction of sp³-hybridized carbons (Fsp3) is 0.500. The second-order valence-electron chi connectivity index (χ2n) is 10.5. The number of methoxy groups -OCH3 is 1. The van der Waals surface area contributed by atoms with Gasteiger partial charge in [0, 0.05) is 30.3 Å². The fourth-order valence-electron chi connectivity index (χ4n) is 4.89. The number of aromatic nitrogens is 3. The zero-order chi connectivity index (χ0) is 26.2. The molecule has 4 rings (SSSR count). The fourth-order valence-corrected chi connectivity index (χ4v) is 4.89. The maximum atomic E-state index is 12.3. The maximum absolute atomic E-state index is 12.3. The Bertz CT molecular complexity index is 1250. The minimum absolute atomic E-state index is 0.410. The number of ether oxygens (including phenoxy) is 2. The quantitative estimate of drug-likeness (QED) is 0.543. The van der Waals surface area contributed by atoms with Crippen LogP contribution in [0.4, 0.5) is 22.1 Å². The van der Waals surface area contributed by atoms with E-state index in [2.05, 4.69) is 46.2 Å². The van der Waals surface area contributed by atoms with Gasteiger partial charge in [0.1, 0.15) is 29.0 Å². The predicted octanol–water partition coefficient (Wildman–Crippen LogP) is 4.17. The summed E-state index contributed by atoms with van der Waals surface area (Å²) in [5.74, 6) is 1.95. The van der Waals surface area contributed by atoms with E-state index >= 15 is 0 Å². The smallest absolute Gasteiger partial charge is 0.412 e. The second kappa shape index (κ2) is 9.85. The highest BCUT2D eigenvalue weighted by Gasteiger charge is 2.28. The molecule has 0 spiro atoms. The van der Waals surface area contributed by atoms with Gasteiger partial charge in [-0.2, -0.15) is 5.10 Å². The molecule has 0 atom stereocenters. The minimum atomic E-state index is -0.602. The Morgan fingerprint density at radius 3 is 2.53 bits per heavy atom. The summed E-state index contributed by atoms with van der Waals surface area (Å²) >= 11 is 0. The van der Waals surface area contributed by atoms with E-state index < -0.39 is 11.7 Å². The van der Waals surface area contributed by atoms with Gasteiger partial charge < -0.3 is 25.0 Å². The molecule has 10 nitrogen and oxygen atoms in total. The number of carbonyl (C=O) groups excluding carboxylic acids is 1. The SMILES string of the molecule is COc1cc(-c2c(C)c(N3CCC(N(C)C)CC3)n3ncnc(N)c23)ccc1NC(=O)OC(C)(C)C. The first-order chi connectivity index (χ1) is 17.0. The Morgan fingerprint density at radius 1 is 1.22 bits per heavy atom. The van der Waals surface area contributed by atoms with Gasteiger partial charge >= 0.3 is 6.09 Å². The molecular weight excluding hydrogens is 458 g/mol. The van der Waals surface area contributed by atoms with Crippen molar-refractivity contribution in [3.8, 4) is 16.9 Å². The lowest BCUT2D eigenvalue weighted by Crippen LogP contribution is -2.42. The molecule has 10 heteroatoms. The molecule has 3 heterocycles. The number of hydrogen-bond acceptors (Lipinski definition) is 8. The Labute approximate surface area is 212 Å². The number of carbonyl (C=O) groups is 1. The first-order valence-corrected chi connectivity index (χ1v) is 12.2. The van der Waals surface area contributed by atoms with Gasteiger partial charge in [-0.15, -0.1) is 0 Å². The average Bonchev–Trinajstić information content (AvgIpc) is 3.11. The normalized spacial score (nSPS) is 14.9. The lowest BCUT2D eigenvalue weighted by Gasteiger charge is -2.36. The number of rotatable bonds is 5. The number of hydrogen-bond donors (Lipinski definition) is 2. The third-order valence-corrected chi connectivity index (χ3v) is 6.59. The summed E-state index contributed by atoms with van der Waals surface area (Å²) in [4.78, 5) is 21.3. The Kier molecular flexibility index (Phi) is 6.99. The molecule has 1 aromatic carbocycles. The molecule has 0 unspecified atom stereocenters. The maximum Gasteiger partial charge on any atom is 0.412 e. The van der Waals surface area contributed by atoms with Crippen LogP contribution in [-0.2, 0) is 4.74 Å². The first kappa shape index (κ1) is 25.6. The highest BCUT2D eigenvalue weighted by molar-refractivity contribution is 5.95. The van der Waals surface area contributed by atoms with Gasteiger partial charge in [-0.25, -0.2) is 14.3 Å². The van der Waals surface area contributed by atoms with Crippen molar-refractivity contribution in [3.63, 3.8) is 0 Å². The summed E-state index contributed by atoms with van der Waals surface area (Å²) in [6.07, 6.45) is 3.11. The molecule has 1 saturated heterocycles. The summed E-state index contributed by atoms with van der Waals surface area (Å²) < 4.78 is 12.9. The van der Waals surface area contributed by atoms with Crippen LogP contribution in [0.25, 0.3) is 16.6 Å². The summed E-state index contributed by atoms with van der Waals surface area (Å²) in [7, 11) is 5.85. The molecule has 1 aliphatic rings. The van der Waals surface area contributed by atoms with Crippen LogP contribution in [0.5, 0.6) is 5.75 Å². The molecule has 2 aromatic heterocycles. The van der Waals surface area contributed by atoms with Crippen LogP contribution >= 0.6 is 0 Å². The number of nitrogen functional groups attached to an aromatic ring is 1. The lowest BCUT2D eigenvalue weighted by molar-refractivity contribution is 0.0635. The highest BCUT2D eigenvalue weighted by Crippen LogP contribution is 2.41. The number of fused-ring (bicyclic) bond motifs is 1. The van der Waals surface area contributed by atoms with E-state index in [9.17, 15) is 4.79 Å². The molecule has 0 radical (unpaired) electrons. The number of nitrogens with one attached hydrogen (secondary N) is 1. The molecular formula is C26H37N7O3. The molecule has 3 aromatic rings. The van der Waals surface area contributed by atoms with Crippen LogP contribution in [0.3, 0.4) is 0 Å². The number of anilines is 3. The summed E-state index contributed by atoms with van der Waals surface area (Å²) in [5, 5.41) is 7.36. The standard InChI is InChI=1S/C26H37N7O3/c1-16-21(17-8-9-19(20(14-17)35-7)30-25(34)36-26(2,3)4)22-23(27)28-15-29-33(22)24(16)32-12-10-18(11-13-32)31(5)6/h8-9,14-15,18H,10-13H2,1-7H3,(H,30,34)(H2,27,28,29). The van der Waals surface area contributed by atoms with Gasteiger partial charge in [0.15, 0.2) is 5.82 Å². The molecule has 0 aliphatic carbocycles. The molecule has 36 heavy (non-hydrogen) atoms. The van der Waals surface area contributed by atoms with Crippen LogP contribution < -0.4 is 20.7 Å². The number of nitrogens with zero attached hydrogens (tertiary/aromatic N) is 5. The molecule has 194 valence electrons. The third kappa shape index (κ3) is 5.04. The largest absolute Gasteiger partial charge is 0.495 e. The molecule has 3 N–H and O–H groups in total. The van der Waals surface area contributed by atoms with Crippen molar-refractivity contribution in [2.45, 2.75) is 52.2 Å². The summed E-state index contributed by atoms with van der Waals surface area (Å²) in [5.41, 5.74) is 9.98. The monoisotopic (exact) mass is 495 g/mol. The second-order valence-corrected chi connectivity index (χ2v) is 10.5. The third-order valence-electron chi connectivity index (χ3n) is 6.59. The molecule has 1 aliphatic heterocycles. The number of amides is 1. The molecule has 1 fully saturated rings. The van der Waals surface area contributed by atoms with Crippen LogP contribution in [-0.4, -0.2) is 71.5 Å². The molecule has 0 bridgehead atoms. The van der Waals surface area contributed by atoms with E-state index in [1.165, 1.54) is 6.33 Å². The zero-order valence-corrected chi connectivity index (χ0v) is 22.3. The van der Waals surface area contributed by atoms with Crippen molar-refractivity contribution in [2.24, 2.45) is 0 Å². The van der Waals surface area contributed by atoms with E-state index in [0.717, 1.165) is 54.0 Å². The lowest BCUT2D eigenvalue weighted by atomic mass is 10.0. The summed E-state index contributed by atoms with van der Waals surface area (Å²) in [6, 6.07) is 6.21. The van der Waals surface area contributed by atoms with Gasteiger partial charge in [0.2, 0.25) is 0 Å². The van der Waals surface area contributed by atoms with Crippen molar-refractivity contribution in [2.75, 3.05) is 50.2 Å². The van der Waals surface area contributed by atoms with Crippen LogP contribution in [0.1, 0.15) is 39.2 Å². The first-order valence-electron chi connectivity index (χ1n) is 12.2. The number of benzene rings is 1. The molecule has 1 amide bonds. The van der Waals surface area contributed by atoms with Crippen molar-refractivity contribution < 1.29 is 14.3 Å². The Morgan fingerprint density at radius 2 is 1.92 bits per heavy atom. The van der Waals surface area contributed by atoms with Gasteiger partial charge in [-0.3, -0.25) is 5.32 Å². The van der Waals surface area contributed by atoms with E-state index in [1.54, 1.807) is 7.11 Å². The minimum Gasteiger partial charge on any atom is -0.495 e. The average molecular weight is 496 g/mol. The van der Waals surface area contributed by atoms with Crippen molar-refractivity contribution in [3.05, 3.63) is 30.1 Å². The van der Waals surface area contributed by atoms with Crippen molar-refractivity contribution in [1.82, 2.24) is 19.5 Å². The molecule has 0 saturated carbocycles. The van der Waals surface area contributed by atoms with Gasteiger partial charge in [0.25, 0.3) is 0 Å². The Balaban J connectivity index is 1.75. The summed E-state index contributed by atoms with van der Waals surface area (Å²) in [6.45, 7) is 9.42. The van der Waals surface area contributed by atoms with Gasteiger partial charge in [-0.05, 0) is 72.3 Å². The van der Waals surface area contributed by atoms with Gasteiger partial charge in [0.05, 0.1) is 12.8 Å². The van der Waals surface area contributed by atoms with E-state index in [0.29, 0.717) is 23.3 Å². The zero-order valence-electron chi connectivity index (χ0n) is 22.3. The van der Waals surface area contributed by atoms with E-state index in [4.69, 9.17) is 15.2 Å². The van der Waals surface area contributed by atoms with Crippen LogP contribution in [0.2, 0.25) is 0 Å². The van der Waals surface area contributed by atoms with Gasteiger partial charge in [-0.1, -0.05) is 6.07 Å². The van der Waals surface area contributed by atoms with E-state index in [-0.39, 0.29) is 0 Å². The van der Waals surface area contributed by atoms with Crippen molar-refractivity contribution in [1.29, 1.82) is 0 Å². The van der Waals surface area contributed by atoms with E-state index in [1.807, 2.05) is 43.5 Å². The predicted molar refractivity (Wildman–Crippen MR) is 143 cm³/mol. The van der Waals surface area contributed by atoms with Crippen LogP contribution in [0.15, 0.2) is 24.5 Å². The number of piperidine rings is 1. The number of nitrogens with two attached hydrogens (primary N) is 1. The highest BCUT2D eigenvalue weighted by atomic mass is 16.6. The van der Waals surface area contributed by atoms with Crippen molar-refractivity contribution >= 4 is 28.9 Å².